The first-order valence-corrected chi connectivity index (χ1v) is 6.94. The summed E-state index contributed by atoms with van der Waals surface area (Å²) < 4.78 is 5.09. The van der Waals surface area contributed by atoms with Crippen molar-refractivity contribution < 1.29 is 24.2 Å². The van der Waals surface area contributed by atoms with E-state index in [-0.39, 0.29) is 17.9 Å². The van der Waals surface area contributed by atoms with E-state index in [0.717, 1.165) is 22.2 Å². The number of carboxylic acids is 1. The highest BCUT2D eigenvalue weighted by molar-refractivity contribution is 8.18. The number of rotatable bonds is 5. The first-order valence-electron chi connectivity index (χ1n) is 6.12. The molecular formula is C14H13NO5S. The number of aliphatic carboxylic acids is 1. The van der Waals surface area contributed by atoms with Gasteiger partial charge < -0.3 is 9.84 Å². The lowest BCUT2D eigenvalue weighted by molar-refractivity contribution is -0.137. The molecule has 2 amide bonds. The molecule has 1 aromatic carbocycles. The first kappa shape index (κ1) is 15.1. The van der Waals surface area contributed by atoms with Crippen LogP contribution in [0.2, 0.25) is 0 Å². The number of nitrogens with zero attached hydrogens (tertiary/aromatic N) is 1. The molecule has 1 aliphatic rings. The number of amides is 2. The van der Waals surface area contributed by atoms with Gasteiger partial charge in [-0.05, 0) is 35.5 Å². The predicted molar refractivity (Wildman–Crippen MR) is 77.9 cm³/mol. The molecule has 1 N–H and O–H groups in total. The van der Waals surface area contributed by atoms with E-state index in [2.05, 4.69) is 0 Å². The van der Waals surface area contributed by atoms with Gasteiger partial charge in [-0.1, -0.05) is 12.1 Å². The largest absolute Gasteiger partial charge is 0.497 e. The first-order chi connectivity index (χ1) is 10.0. The van der Waals surface area contributed by atoms with Crippen LogP contribution in [0, 0.1) is 0 Å². The third-order valence-electron chi connectivity index (χ3n) is 2.81. The third kappa shape index (κ3) is 3.63. The van der Waals surface area contributed by atoms with Crippen LogP contribution in [0.15, 0.2) is 29.2 Å². The summed E-state index contributed by atoms with van der Waals surface area (Å²) in [6.45, 7) is -0.116. The van der Waals surface area contributed by atoms with E-state index >= 15 is 0 Å². The monoisotopic (exact) mass is 307 g/mol. The minimum absolute atomic E-state index is 0.116. The molecule has 21 heavy (non-hydrogen) atoms. The number of hydrogen-bond acceptors (Lipinski definition) is 5. The Hall–Kier alpha value is -2.28. The Labute approximate surface area is 125 Å². The highest BCUT2D eigenvalue weighted by atomic mass is 32.2. The molecule has 1 aromatic rings. The summed E-state index contributed by atoms with van der Waals surface area (Å²) in [6, 6.07) is 7.08. The Bertz CT molecular complexity index is 626. The molecule has 0 aromatic heterocycles. The molecule has 0 aliphatic carbocycles. The highest BCUT2D eigenvalue weighted by Gasteiger charge is 2.34. The van der Waals surface area contributed by atoms with Crippen LogP contribution < -0.4 is 4.74 Å². The predicted octanol–water partition coefficient (Wildman–Crippen LogP) is 2.21. The molecule has 0 radical (unpaired) electrons. The molecule has 6 nitrogen and oxygen atoms in total. The summed E-state index contributed by atoms with van der Waals surface area (Å²) in [5, 5.41) is 8.17. The van der Waals surface area contributed by atoms with Gasteiger partial charge in [-0.25, -0.2) is 0 Å². The molecule has 7 heteroatoms. The molecule has 0 spiro atoms. The van der Waals surface area contributed by atoms with E-state index < -0.39 is 17.1 Å². The van der Waals surface area contributed by atoms with Crippen molar-refractivity contribution in [1.29, 1.82) is 0 Å². The lowest BCUT2D eigenvalue weighted by atomic mass is 10.2. The van der Waals surface area contributed by atoms with Gasteiger partial charge in [0, 0.05) is 6.54 Å². The average Bonchev–Trinajstić information content (AvgIpc) is 2.71. The number of hydrogen-bond donors (Lipinski definition) is 1. The Kier molecular flexibility index (Phi) is 4.64. The second-order valence-corrected chi connectivity index (χ2v) is 5.25. The second-order valence-electron chi connectivity index (χ2n) is 4.25. The van der Waals surface area contributed by atoms with Crippen molar-refractivity contribution in [3.63, 3.8) is 0 Å². The van der Waals surface area contributed by atoms with Crippen molar-refractivity contribution in [3.05, 3.63) is 34.7 Å². The summed E-state index contributed by atoms with van der Waals surface area (Å²) in [6.07, 6.45) is 1.33. The minimum Gasteiger partial charge on any atom is -0.497 e. The number of benzene rings is 1. The topological polar surface area (TPSA) is 83.9 Å². The maximum atomic E-state index is 12.1. The Balaban J connectivity index is 2.17. The molecule has 2 rings (SSSR count). The van der Waals surface area contributed by atoms with E-state index in [0.29, 0.717) is 5.75 Å². The molecule has 1 heterocycles. The van der Waals surface area contributed by atoms with Crippen LogP contribution in [-0.4, -0.2) is 40.8 Å². The lowest BCUT2D eigenvalue weighted by Crippen LogP contribution is -2.30. The fraction of sp³-hybridized carbons (Fsp3) is 0.214. The highest BCUT2D eigenvalue weighted by Crippen LogP contribution is 2.32. The van der Waals surface area contributed by atoms with Crippen LogP contribution in [0.25, 0.3) is 6.08 Å². The zero-order valence-corrected chi connectivity index (χ0v) is 12.1. The van der Waals surface area contributed by atoms with Gasteiger partial charge in [0.25, 0.3) is 11.1 Å². The van der Waals surface area contributed by atoms with Crippen LogP contribution in [0.4, 0.5) is 4.79 Å². The SMILES string of the molecule is COc1cccc(/C=C2/SC(=O)N(CCC(=O)O)C2=O)c1. The normalized spacial score (nSPS) is 16.6. The number of carbonyl (C=O) groups excluding carboxylic acids is 2. The molecule has 0 unspecified atom stereocenters. The molecule has 0 bridgehead atoms. The van der Waals surface area contributed by atoms with Crippen LogP contribution in [0.1, 0.15) is 12.0 Å². The Morgan fingerprint density at radius 3 is 2.86 bits per heavy atom. The molecule has 0 atom stereocenters. The van der Waals surface area contributed by atoms with E-state index in [9.17, 15) is 14.4 Å². The summed E-state index contributed by atoms with van der Waals surface area (Å²) in [5.41, 5.74) is 0.734. The molecular weight excluding hydrogens is 294 g/mol. The Morgan fingerprint density at radius 1 is 1.43 bits per heavy atom. The quantitative estimate of drug-likeness (QED) is 0.840. The summed E-state index contributed by atoms with van der Waals surface area (Å²) >= 11 is 0.807. The van der Waals surface area contributed by atoms with E-state index in [1.807, 2.05) is 0 Å². The van der Waals surface area contributed by atoms with E-state index in [1.54, 1.807) is 37.5 Å². The van der Waals surface area contributed by atoms with Crippen molar-refractivity contribution in [3.8, 4) is 5.75 Å². The van der Waals surface area contributed by atoms with Crippen molar-refractivity contribution in [2.24, 2.45) is 0 Å². The minimum atomic E-state index is -1.05. The molecule has 110 valence electrons. The second kappa shape index (κ2) is 6.45. The summed E-state index contributed by atoms with van der Waals surface area (Å²) in [4.78, 5) is 35.6. The standard InChI is InChI=1S/C14H13NO5S/c1-20-10-4-2-3-9(7-10)8-11-13(18)15(14(19)21-11)6-5-12(16)17/h2-4,7-8H,5-6H2,1H3,(H,16,17)/b11-8+. The van der Waals surface area contributed by atoms with Crippen LogP contribution in [-0.2, 0) is 9.59 Å². The van der Waals surface area contributed by atoms with E-state index in [1.165, 1.54) is 0 Å². The smallest absolute Gasteiger partial charge is 0.305 e. The zero-order valence-electron chi connectivity index (χ0n) is 11.2. The van der Waals surface area contributed by atoms with E-state index in [4.69, 9.17) is 9.84 Å². The van der Waals surface area contributed by atoms with Gasteiger partial charge >= 0.3 is 5.97 Å². The van der Waals surface area contributed by atoms with Crippen molar-refractivity contribution in [1.82, 2.24) is 4.90 Å². The fourth-order valence-corrected chi connectivity index (χ4v) is 2.65. The average molecular weight is 307 g/mol. The van der Waals surface area contributed by atoms with Gasteiger partial charge in [-0.3, -0.25) is 19.3 Å². The molecule has 1 aliphatic heterocycles. The number of carboxylic acid groups (broad SMARTS) is 1. The summed E-state index contributed by atoms with van der Waals surface area (Å²) in [7, 11) is 1.54. The molecule has 0 saturated carbocycles. The number of imide groups is 1. The van der Waals surface area contributed by atoms with Crippen molar-refractivity contribution in [2.45, 2.75) is 6.42 Å². The van der Waals surface area contributed by atoms with Gasteiger partial charge in [0.1, 0.15) is 5.75 Å². The van der Waals surface area contributed by atoms with Crippen LogP contribution in [0.5, 0.6) is 5.75 Å². The van der Waals surface area contributed by atoms with Crippen LogP contribution >= 0.6 is 11.8 Å². The fourth-order valence-electron chi connectivity index (χ4n) is 1.78. The molecule has 1 saturated heterocycles. The van der Waals surface area contributed by atoms with Gasteiger partial charge in [-0.2, -0.15) is 0 Å². The van der Waals surface area contributed by atoms with Crippen molar-refractivity contribution >= 4 is 35.0 Å². The number of methoxy groups -OCH3 is 1. The van der Waals surface area contributed by atoms with Crippen molar-refractivity contribution in [2.75, 3.05) is 13.7 Å². The van der Waals surface area contributed by atoms with Gasteiger partial charge in [-0.15, -0.1) is 0 Å². The number of carbonyl (C=O) groups is 3. The Morgan fingerprint density at radius 2 is 2.19 bits per heavy atom. The van der Waals surface area contributed by atoms with Gasteiger partial charge in [0.2, 0.25) is 0 Å². The lowest BCUT2D eigenvalue weighted by Gasteiger charge is -2.09. The summed E-state index contributed by atoms with van der Waals surface area (Å²) in [5.74, 6) is -0.867. The third-order valence-corrected chi connectivity index (χ3v) is 3.72. The maximum absolute atomic E-state index is 12.1. The van der Waals surface area contributed by atoms with Crippen LogP contribution in [0.3, 0.4) is 0 Å². The maximum Gasteiger partial charge on any atom is 0.305 e. The number of thioether (sulfide) groups is 1. The van der Waals surface area contributed by atoms with Gasteiger partial charge in [0.05, 0.1) is 18.4 Å². The van der Waals surface area contributed by atoms with Gasteiger partial charge in [0.15, 0.2) is 0 Å². The zero-order chi connectivity index (χ0) is 15.4. The molecule has 1 fully saturated rings. The number of ether oxygens (including phenoxy) is 1.